The number of hydrogen-bond acceptors (Lipinski definition) is 3. The summed E-state index contributed by atoms with van der Waals surface area (Å²) >= 11 is 5.03. The molecule has 0 atom stereocenters. The van der Waals surface area contributed by atoms with Gasteiger partial charge in [0.2, 0.25) is 5.91 Å². The van der Waals surface area contributed by atoms with Gasteiger partial charge in [-0.15, -0.1) is 0 Å². The number of aliphatic hydroxyl groups is 1. The zero-order valence-electron chi connectivity index (χ0n) is 11.4. The highest BCUT2D eigenvalue weighted by molar-refractivity contribution is 7.80. The highest BCUT2D eigenvalue weighted by atomic mass is 32.1. The first-order valence-corrected chi connectivity index (χ1v) is 6.29. The Labute approximate surface area is 109 Å². The molecule has 0 aliphatic rings. The van der Waals surface area contributed by atoms with Crippen LogP contribution < -0.4 is 5.73 Å². The average Bonchev–Trinajstić information content (AvgIpc) is 2.17. The molecule has 3 N–H and O–H groups in total. The fourth-order valence-corrected chi connectivity index (χ4v) is 2.40. The van der Waals surface area contributed by atoms with Crippen LogP contribution >= 0.6 is 12.2 Å². The van der Waals surface area contributed by atoms with E-state index >= 15 is 0 Å². The third-order valence-electron chi connectivity index (χ3n) is 3.06. The van der Waals surface area contributed by atoms with Crippen LogP contribution in [0.3, 0.4) is 0 Å². The summed E-state index contributed by atoms with van der Waals surface area (Å²) in [5, 5.41) is 9.73. The fourth-order valence-electron chi connectivity index (χ4n) is 2.02. The third kappa shape index (κ3) is 3.92. The van der Waals surface area contributed by atoms with Gasteiger partial charge in [-0.2, -0.15) is 0 Å². The molecule has 0 aromatic carbocycles. The molecule has 0 spiro atoms. The van der Waals surface area contributed by atoms with Crippen molar-refractivity contribution >= 4 is 23.1 Å². The molecule has 0 unspecified atom stereocenters. The van der Waals surface area contributed by atoms with Crippen molar-refractivity contribution in [2.45, 2.75) is 46.1 Å². The van der Waals surface area contributed by atoms with Crippen LogP contribution in [0, 0.1) is 5.41 Å². The number of amides is 1. The SMILES string of the molecule is CCC(CC)(C(=O)N(C)CC(C)(C)O)C(N)=S. The number of likely N-dealkylation sites (N-methyl/N-ethyl adjacent to an activating group) is 1. The number of rotatable bonds is 6. The molecule has 0 aliphatic heterocycles. The molecule has 17 heavy (non-hydrogen) atoms. The van der Waals surface area contributed by atoms with E-state index in [0.29, 0.717) is 12.8 Å². The van der Waals surface area contributed by atoms with Crippen molar-refractivity contribution < 1.29 is 9.90 Å². The lowest BCUT2D eigenvalue weighted by Crippen LogP contribution is -2.51. The quantitative estimate of drug-likeness (QED) is 0.707. The first-order chi connectivity index (χ1) is 7.60. The second-order valence-corrected chi connectivity index (χ2v) is 5.57. The molecule has 4 nitrogen and oxygen atoms in total. The Kier molecular flexibility index (Phi) is 5.55. The predicted octanol–water partition coefficient (Wildman–Crippen LogP) is 1.31. The number of nitrogens with zero attached hydrogens (tertiary/aromatic N) is 1. The molecule has 1 amide bonds. The van der Waals surface area contributed by atoms with E-state index in [-0.39, 0.29) is 17.4 Å². The molecule has 0 aromatic rings. The summed E-state index contributed by atoms with van der Waals surface area (Å²) < 4.78 is 0. The Morgan fingerprint density at radius 1 is 1.35 bits per heavy atom. The highest BCUT2D eigenvalue weighted by Crippen LogP contribution is 2.29. The van der Waals surface area contributed by atoms with E-state index in [1.165, 1.54) is 4.90 Å². The van der Waals surface area contributed by atoms with E-state index in [1.54, 1.807) is 20.9 Å². The first-order valence-electron chi connectivity index (χ1n) is 5.88. The van der Waals surface area contributed by atoms with Gasteiger partial charge in [0.15, 0.2) is 0 Å². The summed E-state index contributed by atoms with van der Waals surface area (Å²) in [6.07, 6.45) is 1.15. The summed E-state index contributed by atoms with van der Waals surface area (Å²) in [6, 6.07) is 0. The van der Waals surface area contributed by atoms with Gasteiger partial charge in [-0.1, -0.05) is 26.1 Å². The van der Waals surface area contributed by atoms with Crippen LogP contribution in [0.4, 0.5) is 0 Å². The Morgan fingerprint density at radius 2 is 1.76 bits per heavy atom. The Hall–Kier alpha value is -0.680. The van der Waals surface area contributed by atoms with Crippen LogP contribution in [0.15, 0.2) is 0 Å². The van der Waals surface area contributed by atoms with Gasteiger partial charge in [-0.05, 0) is 26.7 Å². The van der Waals surface area contributed by atoms with Crippen LogP contribution in [0.5, 0.6) is 0 Å². The molecule has 0 aromatic heterocycles. The van der Waals surface area contributed by atoms with Crippen LogP contribution in [0.1, 0.15) is 40.5 Å². The molecular formula is C12H24N2O2S. The molecular weight excluding hydrogens is 236 g/mol. The molecule has 0 radical (unpaired) electrons. The van der Waals surface area contributed by atoms with Crippen molar-refractivity contribution in [2.24, 2.45) is 11.1 Å². The van der Waals surface area contributed by atoms with Crippen molar-refractivity contribution in [1.29, 1.82) is 0 Å². The lowest BCUT2D eigenvalue weighted by molar-refractivity contribution is -0.140. The smallest absolute Gasteiger partial charge is 0.235 e. The van der Waals surface area contributed by atoms with Gasteiger partial charge < -0.3 is 15.7 Å². The first kappa shape index (κ1) is 16.3. The molecule has 0 saturated carbocycles. The van der Waals surface area contributed by atoms with Crippen molar-refractivity contribution in [3.8, 4) is 0 Å². The summed E-state index contributed by atoms with van der Waals surface area (Å²) in [4.78, 5) is 14.1. The lowest BCUT2D eigenvalue weighted by Gasteiger charge is -2.35. The minimum absolute atomic E-state index is 0.114. The number of hydrogen-bond donors (Lipinski definition) is 2. The summed E-state index contributed by atoms with van der Waals surface area (Å²) in [7, 11) is 1.67. The zero-order valence-corrected chi connectivity index (χ0v) is 12.2. The van der Waals surface area contributed by atoms with Crippen molar-refractivity contribution in [3.63, 3.8) is 0 Å². The van der Waals surface area contributed by atoms with Gasteiger partial charge in [-0.25, -0.2) is 0 Å². The zero-order chi connectivity index (χ0) is 13.9. The van der Waals surface area contributed by atoms with Gasteiger partial charge in [0.25, 0.3) is 0 Å². The molecule has 0 fully saturated rings. The maximum absolute atomic E-state index is 12.4. The summed E-state index contributed by atoms with van der Waals surface area (Å²) in [5.41, 5.74) is 4.01. The molecule has 0 heterocycles. The van der Waals surface area contributed by atoms with Crippen molar-refractivity contribution in [3.05, 3.63) is 0 Å². The van der Waals surface area contributed by atoms with E-state index < -0.39 is 11.0 Å². The van der Waals surface area contributed by atoms with Gasteiger partial charge in [0.1, 0.15) is 0 Å². The minimum atomic E-state index is -0.923. The number of nitrogens with two attached hydrogens (primary N) is 1. The van der Waals surface area contributed by atoms with E-state index in [1.807, 2.05) is 13.8 Å². The van der Waals surface area contributed by atoms with E-state index in [0.717, 1.165) is 0 Å². The molecule has 5 heteroatoms. The third-order valence-corrected chi connectivity index (χ3v) is 3.45. The molecule has 100 valence electrons. The average molecular weight is 260 g/mol. The molecule has 0 aliphatic carbocycles. The minimum Gasteiger partial charge on any atom is -0.392 e. The van der Waals surface area contributed by atoms with Gasteiger partial charge in [-0.3, -0.25) is 4.79 Å². The second kappa shape index (κ2) is 5.78. The standard InChI is InChI=1S/C12H24N2O2S/c1-6-12(7-2,9(13)17)10(15)14(5)8-11(3,4)16/h16H,6-8H2,1-5H3,(H2,13,17). The van der Waals surface area contributed by atoms with Crippen LogP contribution in [0.2, 0.25) is 0 Å². The number of carbonyl (C=O) groups excluding carboxylic acids is 1. The van der Waals surface area contributed by atoms with Crippen LogP contribution in [-0.4, -0.2) is 40.1 Å². The Morgan fingerprint density at radius 3 is 2.00 bits per heavy atom. The lowest BCUT2D eigenvalue weighted by atomic mass is 9.80. The van der Waals surface area contributed by atoms with E-state index in [9.17, 15) is 9.90 Å². The van der Waals surface area contributed by atoms with Gasteiger partial charge >= 0.3 is 0 Å². The van der Waals surface area contributed by atoms with Crippen LogP contribution in [0.25, 0.3) is 0 Å². The number of thiocarbonyl (C=S) groups is 1. The van der Waals surface area contributed by atoms with Gasteiger partial charge in [0, 0.05) is 13.6 Å². The maximum Gasteiger partial charge on any atom is 0.235 e. The predicted molar refractivity (Wildman–Crippen MR) is 73.7 cm³/mol. The second-order valence-electron chi connectivity index (χ2n) is 5.13. The largest absolute Gasteiger partial charge is 0.392 e. The maximum atomic E-state index is 12.4. The normalized spacial score (nSPS) is 12.4. The Balaban J connectivity index is 5.04. The molecule has 0 bridgehead atoms. The van der Waals surface area contributed by atoms with Crippen molar-refractivity contribution in [1.82, 2.24) is 4.90 Å². The van der Waals surface area contributed by atoms with Gasteiger partial charge in [0.05, 0.1) is 16.0 Å². The van der Waals surface area contributed by atoms with Crippen molar-refractivity contribution in [2.75, 3.05) is 13.6 Å². The summed E-state index contributed by atoms with van der Waals surface area (Å²) in [6.45, 7) is 7.39. The number of carbonyl (C=O) groups is 1. The van der Waals surface area contributed by atoms with Crippen LogP contribution in [-0.2, 0) is 4.79 Å². The Bertz CT molecular complexity index is 293. The molecule has 0 rings (SSSR count). The van der Waals surface area contributed by atoms with E-state index in [4.69, 9.17) is 18.0 Å². The monoisotopic (exact) mass is 260 g/mol. The fraction of sp³-hybridized carbons (Fsp3) is 0.833. The molecule has 0 saturated heterocycles. The highest BCUT2D eigenvalue weighted by Gasteiger charge is 2.40. The topological polar surface area (TPSA) is 66.6 Å². The van der Waals surface area contributed by atoms with E-state index in [2.05, 4.69) is 0 Å². The summed E-state index contributed by atoms with van der Waals surface area (Å²) in [5.74, 6) is -0.114.